The van der Waals surface area contributed by atoms with Gasteiger partial charge in [-0.25, -0.2) is 0 Å². The van der Waals surface area contributed by atoms with E-state index in [0.29, 0.717) is 10.0 Å². The third-order valence-corrected chi connectivity index (χ3v) is 3.25. The Labute approximate surface area is 167 Å². The molecule has 0 saturated heterocycles. The molecule has 0 bridgehead atoms. The van der Waals surface area contributed by atoms with Crippen molar-refractivity contribution in [2.24, 2.45) is 5.92 Å². The van der Waals surface area contributed by atoms with Crippen molar-refractivity contribution < 1.29 is 19.6 Å². The van der Waals surface area contributed by atoms with Gasteiger partial charge < -0.3 is 20.7 Å². The molecule has 4 N–H and O–H groups in total. The second-order valence-corrected chi connectivity index (χ2v) is 7.09. The van der Waals surface area contributed by atoms with Crippen LogP contribution < -0.4 is 10.6 Å². The molecule has 1 rings (SSSR count). The maximum absolute atomic E-state index is 11.8. The Morgan fingerprint density at radius 2 is 1.64 bits per heavy atom. The molecule has 0 aromatic heterocycles. The number of nitrogens with one attached hydrogen (secondary N) is 2. The van der Waals surface area contributed by atoms with Gasteiger partial charge in [-0.15, -0.1) is 0 Å². The molecule has 0 aliphatic rings. The maximum Gasteiger partial charge on any atom is 0.472 e. The van der Waals surface area contributed by atoms with Crippen LogP contribution in [0.4, 0.5) is 0 Å². The zero-order valence-corrected chi connectivity index (χ0v) is 18.4. The lowest BCUT2D eigenvalue weighted by Crippen LogP contribution is -2.41. The van der Waals surface area contributed by atoms with Crippen molar-refractivity contribution in [1.82, 2.24) is 10.6 Å². The van der Waals surface area contributed by atoms with E-state index in [2.05, 4.69) is 63.3 Å². The summed E-state index contributed by atoms with van der Waals surface area (Å²) in [4.78, 5) is 23.1. The predicted octanol–water partition coefficient (Wildman–Crippen LogP) is 2.76. The molecule has 2 amide bonds. The number of carbonyl (C=O) groups is 2. The lowest BCUT2D eigenvalue weighted by molar-refractivity contribution is -0.119. The van der Waals surface area contributed by atoms with Crippen LogP contribution in [0.2, 0.25) is 0 Å². The van der Waals surface area contributed by atoms with Crippen LogP contribution in [0.5, 0.6) is 0 Å². The zero-order valence-electron chi connectivity index (χ0n) is 15.3. The molecule has 0 atom stereocenters. The van der Waals surface area contributed by atoms with Crippen LogP contribution >= 0.6 is 31.9 Å². The average molecular weight is 482 g/mol. The predicted molar refractivity (Wildman–Crippen MR) is 109 cm³/mol. The van der Waals surface area contributed by atoms with Crippen molar-refractivity contribution in [1.29, 1.82) is 0 Å². The lowest BCUT2D eigenvalue weighted by Gasteiger charge is -2.08. The summed E-state index contributed by atoms with van der Waals surface area (Å²) in [6.45, 7) is 10.3. The van der Waals surface area contributed by atoms with E-state index in [-0.39, 0.29) is 13.0 Å². The first kappa shape index (κ1) is 26.3. The average Bonchev–Trinajstić information content (AvgIpc) is 2.54. The van der Waals surface area contributed by atoms with Crippen molar-refractivity contribution in [3.05, 3.63) is 32.7 Å². The number of carbonyl (C=O) groups excluding carboxylic acids is 2. The van der Waals surface area contributed by atoms with Crippen LogP contribution in [0.15, 0.2) is 27.1 Å². The zero-order chi connectivity index (χ0) is 20.0. The summed E-state index contributed by atoms with van der Waals surface area (Å²) in [5.74, 6) is -0.0829. The quantitative estimate of drug-likeness (QED) is 0.486. The van der Waals surface area contributed by atoms with Crippen molar-refractivity contribution in [2.45, 2.75) is 34.6 Å². The molecule has 6 nitrogen and oxygen atoms in total. The van der Waals surface area contributed by atoms with Gasteiger partial charge in [0.2, 0.25) is 5.91 Å². The third kappa shape index (κ3) is 15.1. The molecule has 0 unspecified atom stereocenters. The molecule has 9 heteroatoms. The first-order valence-corrected chi connectivity index (χ1v) is 9.58. The van der Waals surface area contributed by atoms with E-state index >= 15 is 0 Å². The molecule has 142 valence electrons. The summed E-state index contributed by atoms with van der Waals surface area (Å²) in [7, 11) is -1.61. The van der Waals surface area contributed by atoms with Crippen LogP contribution in [-0.4, -0.2) is 42.0 Å². The van der Waals surface area contributed by atoms with Crippen molar-refractivity contribution in [2.75, 3.05) is 13.0 Å². The second-order valence-electron chi connectivity index (χ2n) is 5.32. The Morgan fingerprint density at radius 1 is 1.12 bits per heavy atom. The summed E-state index contributed by atoms with van der Waals surface area (Å²) in [5, 5.41) is 21.8. The highest BCUT2D eigenvalue weighted by atomic mass is 79.9. The maximum atomic E-state index is 11.8. The van der Waals surface area contributed by atoms with Crippen molar-refractivity contribution in [3.8, 4) is 0 Å². The van der Waals surface area contributed by atoms with Gasteiger partial charge >= 0.3 is 7.12 Å². The number of amides is 2. The molecule has 1 aromatic carbocycles. The molecule has 0 fully saturated rings. The largest absolute Gasteiger partial charge is 0.472 e. The fourth-order valence-electron chi connectivity index (χ4n) is 1.19. The molecule has 0 saturated carbocycles. The van der Waals surface area contributed by atoms with E-state index in [1.54, 1.807) is 18.2 Å². The summed E-state index contributed by atoms with van der Waals surface area (Å²) < 4.78 is 1.35. The van der Waals surface area contributed by atoms with Crippen LogP contribution in [0, 0.1) is 5.92 Å². The fourth-order valence-corrected chi connectivity index (χ4v) is 1.98. The van der Waals surface area contributed by atoms with Crippen LogP contribution in [0.1, 0.15) is 45.0 Å². The monoisotopic (exact) mass is 480 g/mol. The fraction of sp³-hybridized carbons (Fsp3) is 0.500. The topological polar surface area (TPSA) is 98.7 Å². The molecule has 1 aromatic rings. The normalized spacial score (nSPS) is 9.20. The standard InChI is InChI=1S/C10H11BBr2N2O4.C4H10.C2H6/c12-6-1-2-8(13)7(3-6)10(17)14-4-9(16)15-5-11(18)19;1-4(2)3;1-2/h1-3,18-19H,4-5H2,(H,14,17)(H,15,16);4H,1-3H3;1-2H3. The molecule has 0 aliphatic carbocycles. The molecule has 0 aliphatic heterocycles. The van der Waals surface area contributed by atoms with Crippen LogP contribution in [-0.2, 0) is 4.79 Å². The Morgan fingerprint density at radius 3 is 2.12 bits per heavy atom. The minimum Gasteiger partial charge on any atom is -0.426 e. The lowest BCUT2D eigenvalue weighted by atomic mass is 9.92. The van der Waals surface area contributed by atoms with Gasteiger partial charge in [-0.05, 0) is 40.0 Å². The van der Waals surface area contributed by atoms with E-state index in [1.165, 1.54) is 0 Å². The Bertz CT molecular complexity index is 526. The van der Waals surface area contributed by atoms with E-state index in [1.807, 2.05) is 13.8 Å². The van der Waals surface area contributed by atoms with Crippen molar-refractivity contribution >= 4 is 50.8 Å². The van der Waals surface area contributed by atoms with E-state index in [0.717, 1.165) is 10.4 Å². The summed E-state index contributed by atoms with van der Waals surface area (Å²) >= 11 is 6.49. The van der Waals surface area contributed by atoms with Gasteiger partial charge in [0, 0.05) is 8.95 Å². The molecular weight excluding hydrogens is 455 g/mol. The number of hydrogen-bond acceptors (Lipinski definition) is 4. The highest BCUT2D eigenvalue weighted by Crippen LogP contribution is 2.21. The smallest absolute Gasteiger partial charge is 0.426 e. The second kappa shape index (κ2) is 15.4. The Hall–Kier alpha value is -0.895. The molecule has 0 radical (unpaired) electrons. The van der Waals surface area contributed by atoms with Gasteiger partial charge in [0.1, 0.15) is 0 Å². The van der Waals surface area contributed by atoms with E-state index in [9.17, 15) is 9.59 Å². The first-order chi connectivity index (χ1) is 11.6. The van der Waals surface area contributed by atoms with Crippen molar-refractivity contribution in [3.63, 3.8) is 0 Å². The molecule has 0 heterocycles. The molecule has 0 spiro atoms. The highest BCUT2D eigenvalue weighted by Gasteiger charge is 2.13. The van der Waals surface area contributed by atoms with Gasteiger partial charge in [-0.1, -0.05) is 50.5 Å². The van der Waals surface area contributed by atoms with Gasteiger partial charge in [0.05, 0.1) is 18.6 Å². The van der Waals surface area contributed by atoms with Gasteiger partial charge in [0.25, 0.3) is 5.91 Å². The van der Waals surface area contributed by atoms with Gasteiger partial charge in [-0.2, -0.15) is 0 Å². The van der Waals surface area contributed by atoms with E-state index in [4.69, 9.17) is 10.0 Å². The minimum absolute atomic E-state index is 0.246. The number of rotatable bonds is 5. The minimum atomic E-state index is -1.61. The first-order valence-electron chi connectivity index (χ1n) is 7.99. The van der Waals surface area contributed by atoms with Gasteiger partial charge in [-0.3, -0.25) is 9.59 Å². The van der Waals surface area contributed by atoms with Crippen LogP contribution in [0.25, 0.3) is 0 Å². The summed E-state index contributed by atoms with van der Waals surface area (Å²) in [6, 6.07) is 5.10. The summed E-state index contributed by atoms with van der Waals surface area (Å²) in [5.41, 5.74) is 0.393. The Kier molecular flexibility index (Phi) is 16.2. The molecule has 25 heavy (non-hydrogen) atoms. The Balaban J connectivity index is 0. The number of halogens is 2. The highest BCUT2D eigenvalue weighted by molar-refractivity contribution is 9.11. The molecular formula is C16H27BBr2N2O4. The van der Waals surface area contributed by atoms with E-state index < -0.39 is 18.9 Å². The number of benzene rings is 1. The summed E-state index contributed by atoms with van der Waals surface area (Å²) in [6.07, 6.45) is -0.282. The van der Waals surface area contributed by atoms with Crippen LogP contribution in [0.3, 0.4) is 0 Å². The number of hydrogen-bond donors (Lipinski definition) is 4. The SMILES string of the molecule is CC.CC(C)C.O=C(CNC(=O)c1cc(Br)ccc1Br)NCB(O)O. The van der Waals surface area contributed by atoms with Gasteiger partial charge in [0.15, 0.2) is 0 Å². The third-order valence-electron chi connectivity index (χ3n) is 2.06.